The van der Waals surface area contributed by atoms with E-state index in [0.29, 0.717) is 25.6 Å². The first-order valence-electron chi connectivity index (χ1n) is 6.52. The van der Waals surface area contributed by atoms with Crippen LogP contribution in [0.5, 0.6) is 0 Å². The van der Waals surface area contributed by atoms with E-state index in [-0.39, 0.29) is 17.8 Å². The van der Waals surface area contributed by atoms with Crippen molar-refractivity contribution in [1.29, 1.82) is 0 Å². The zero-order valence-corrected chi connectivity index (χ0v) is 12.7. The van der Waals surface area contributed by atoms with Gasteiger partial charge in [0.05, 0.1) is 12.9 Å². The highest BCUT2D eigenvalue weighted by atomic mass is 32.2. The van der Waals surface area contributed by atoms with Crippen LogP contribution >= 0.6 is 0 Å². The van der Waals surface area contributed by atoms with Crippen LogP contribution in [0.15, 0.2) is 0 Å². The van der Waals surface area contributed by atoms with Crippen molar-refractivity contribution < 1.29 is 17.9 Å². The molecule has 0 saturated heterocycles. The fourth-order valence-electron chi connectivity index (χ4n) is 1.73. The molecule has 0 aromatic rings. The molecule has 1 rings (SSSR count). The van der Waals surface area contributed by atoms with Crippen LogP contribution in [-0.4, -0.2) is 70.6 Å². The molecule has 0 heterocycles. The normalized spacial score (nSPS) is 17.5. The molecule has 0 aromatic heterocycles. The van der Waals surface area contributed by atoms with Crippen LogP contribution < -0.4 is 5.32 Å². The van der Waals surface area contributed by atoms with Gasteiger partial charge in [0, 0.05) is 18.8 Å². The van der Waals surface area contributed by atoms with Gasteiger partial charge in [0.2, 0.25) is 0 Å². The van der Waals surface area contributed by atoms with Gasteiger partial charge in [-0.25, -0.2) is 8.42 Å². The maximum absolute atomic E-state index is 11.6. The van der Waals surface area contributed by atoms with E-state index in [1.165, 1.54) is 13.4 Å². The number of carbonyl (C=O) groups is 1. The Labute approximate surface area is 115 Å². The van der Waals surface area contributed by atoms with Crippen molar-refractivity contribution in [3.05, 3.63) is 0 Å². The van der Waals surface area contributed by atoms with E-state index < -0.39 is 9.84 Å². The second-order valence-electron chi connectivity index (χ2n) is 5.24. The van der Waals surface area contributed by atoms with E-state index in [4.69, 9.17) is 4.74 Å². The third-order valence-corrected chi connectivity index (χ3v) is 4.07. The summed E-state index contributed by atoms with van der Waals surface area (Å²) in [5, 5.41) is 3.25. The van der Waals surface area contributed by atoms with Gasteiger partial charge >= 0.3 is 5.97 Å². The van der Waals surface area contributed by atoms with Crippen molar-refractivity contribution in [2.24, 2.45) is 0 Å². The van der Waals surface area contributed by atoms with Gasteiger partial charge in [-0.15, -0.1) is 0 Å². The van der Waals surface area contributed by atoms with Crippen LogP contribution in [0.25, 0.3) is 0 Å². The second kappa shape index (κ2) is 7.21. The van der Waals surface area contributed by atoms with E-state index in [1.54, 1.807) is 0 Å². The van der Waals surface area contributed by atoms with Crippen LogP contribution in [0, 0.1) is 0 Å². The summed E-state index contributed by atoms with van der Waals surface area (Å²) in [6.07, 6.45) is 4.07. The Morgan fingerprint density at radius 1 is 1.42 bits per heavy atom. The molecule has 0 radical (unpaired) electrons. The predicted molar refractivity (Wildman–Crippen MR) is 73.8 cm³/mol. The lowest BCUT2D eigenvalue weighted by Gasteiger charge is -2.20. The number of hydrogen-bond acceptors (Lipinski definition) is 6. The number of esters is 1. The summed E-state index contributed by atoms with van der Waals surface area (Å²) in [6, 6.07) is 0.142. The third-order valence-electron chi connectivity index (χ3n) is 3.14. The Bertz CT molecular complexity index is 393. The van der Waals surface area contributed by atoms with Gasteiger partial charge in [0.1, 0.15) is 15.9 Å². The summed E-state index contributed by atoms with van der Waals surface area (Å²) in [5.74, 6) is -0.106. The molecule has 1 saturated carbocycles. The van der Waals surface area contributed by atoms with Crippen molar-refractivity contribution in [2.45, 2.75) is 31.3 Å². The second-order valence-corrected chi connectivity index (χ2v) is 7.50. The summed E-state index contributed by atoms with van der Waals surface area (Å²) in [5.41, 5.74) is 0. The average Bonchev–Trinajstić information content (AvgIpc) is 3.13. The van der Waals surface area contributed by atoms with Crippen LogP contribution in [0.4, 0.5) is 0 Å². The lowest BCUT2D eigenvalue weighted by Crippen LogP contribution is -2.41. The predicted octanol–water partition coefficient (Wildman–Crippen LogP) is -0.353. The fourth-order valence-corrected chi connectivity index (χ4v) is 2.37. The highest BCUT2D eigenvalue weighted by molar-refractivity contribution is 7.90. The summed E-state index contributed by atoms with van der Waals surface area (Å²) < 4.78 is 26.9. The summed E-state index contributed by atoms with van der Waals surface area (Å²) in [6.45, 7) is 1.14. The highest BCUT2D eigenvalue weighted by Gasteiger charge is 2.28. The molecule has 1 aliphatic rings. The molecule has 1 N–H and O–H groups in total. The molecule has 0 aromatic carbocycles. The van der Waals surface area contributed by atoms with E-state index in [2.05, 4.69) is 5.32 Å². The van der Waals surface area contributed by atoms with Crippen molar-refractivity contribution in [3.63, 3.8) is 0 Å². The molecule has 1 atom stereocenters. The number of rotatable bonds is 9. The number of ether oxygens (including phenoxy) is 1. The summed E-state index contributed by atoms with van der Waals surface area (Å²) in [4.78, 5) is 13.5. The van der Waals surface area contributed by atoms with Gasteiger partial charge in [-0.2, -0.15) is 0 Å². The summed E-state index contributed by atoms with van der Waals surface area (Å²) >= 11 is 0. The minimum Gasteiger partial charge on any atom is -0.468 e. The van der Waals surface area contributed by atoms with Crippen molar-refractivity contribution in [2.75, 3.05) is 39.3 Å². The van der Waals surface area contributed by atoms with E-state index in [0.717, 1.165) is 12.8 Å². The molecule has 0 bridgehead atoms. The van der Waals surface area contributed by atoms with Gasteiger partial charge < -0.3 is 15.0 Å². The van der Waals surface area contributed by atoms with Gasteiger partial charge in [0.25, 0.3) is 0 Å². The van der Waals surface area contributed by atoms with Crippen LogP contribution in [0.3, 0.4) is 0 Å². The quantitative estimate of drug-likeness (QED) is 0.585. The lowest BCUT2D eigenvalue weighted by atomic mass is 10.2. The Hall–Kier alpha value is -0.660. The maximum atomic E-state index is 11.6. The molecule has 19 heavy (non-hydrogen) atoms. The monoisotopic (exact) mass is 292 g/mol. The highest BCUT2D eigenvalue weighted by Crippen LogP contribution is 2.20. The SMILES string of the molecule is COC(=O)C(CCN(C)CCS(C)(=O)=O)NC1CC1. The molecule has 6 nitrogen and oxygen atoms in total. The minimum atomic E-state index is -2.94. The smallest absolute Gasteiger partial charge is 0.322 e. The Morgan fingerprint density at radius 3 is 2.53 bits per heavy atom. The van der Waals surface area contributed by atoms with Crippen LogP contribution in [0.1, 0.15) is 19.3 Å². The average molecular weight is 292 g/mol. The third kappa shape index (κ3) is 7.49. The van der Waals surface area contributed by atoms with Gasteiger partial charge in [-0.1, -0.05) is 0 Å². The number of carbonyl (C=O) groups excluding carboxylic acids is 1. The van der Waals surface area contributed by atoms with Crippen LogP contribution in [-0.2, 0) is 19.4 Å². The van der Waals surface area contributed by atoms with Gasteiger partial charge in [0.15, 0.2) is 0 Å². The summed E-state index contributed by atoms with van der Waals surface area (Å²) in [7, 11) is 0.307. The molecular formula is C12H24N2O4S. The van der Waals surface area contributed by atoms with Crippen LogP contribution in [0.2, 0.25) is 0 Å². The van der Waals surface area contributed by atoms with Gasteiger partial charge in [-0.3, -0.25) is 4.79 Å². The van der Waals surface area contributed by atoms with Crippen molar-refractivity contribution in [1.82, 2.24) is 10.2 Å². The molecular weight excluding hydrogens is 268 g/mol. The van der Waals surface area contributed by atoms with E-state index in [9.17, 15) is 13.2 Å². The maximum Gasteiger partial charge on any atom is 0.322 e. The molecule has 0 spiro atoms. The topological polar surface area (TPSA) is 75.7 Å². The number of nitrogens with zero attached hydrogens (tertiary/aromatic N) is 1. The number of sulfone groups is 1. The zero-order valence-electron chi connectivity index (χ0n) is 11.9. The molecule has 7 heteroatoms. The Balaban J connectivity index is 2.31. The van der Waals surface area contributed by atoms with E-state index >= 15 is 0 Å². The van der Waals surface area contributed by atoms with Crippen molar-refractivity contribution in [3.8, 4) is 0 Å². The molecule has 1 aliphatic carbocycles. The first kappa shape index (κ1) is 16.4. The number of nitrogens with one attached hydrogen (secondary N) is 1. The molecule has 0 amide bonds. The lowest BCUT2D eigenvalue weighted by molar-refractivity contribution is -0.143. The molecule has 1 unspecified atom stereocenters. The zero-order chi connectivity index (χ0) is 14.5. The fraction of sp³-hybridized carbons (Fsp3) is 0.917. The Morgan fingerprint density at radius 2 is 2.05 bits per heavy atom. The number of methoxy groups -OCH3 is 1. The largest absolute Gasteiger partial charge is 0.468 e. The molecule has 1 fully saturated rings. The molecule has 112 valence electrons. The van der Waals surface area contributed by atoms with E-state index in [1.807, 2.05) is 11.9 Å². The minimum absolute atomic E-state index is 0.141. The number of hydrogen-bond donors (Lipinski definition) is 1. The first-order valence-corrected chi connectivity index (χ1v) is 8.58. The van der Waals surface area contributed by atoms with Crippen molar-refractivity contribution >= 4 is 15.8 Å². The standard InChI is InChI=1S/C12H24N2O4S/c1-14(8-9-19(3,16)17)7-6-11(12(15)18-2)13-10-4-5-10/h10-11,13H,4-9H2,1-3H3. The Kier molecular flexibility index (Phi) is 6.22. The van der Waals surface area contributed by atoms with Gasteiger partial charge in [-0.05, 0) is 32.9 Å². The molecule has 0 aliphatic heterocycles. The first-order chi connectivity index (χ1) is 8.81.